The summed E-state index contributed by atoms with van der Waals surface area (Å²) in [6.07, 6.45) is 2.12. The van der Waals surface area contributed by atoms with E-state index in [4.69, 9.17) is 14.2 Å². The third-order valence-corrected chi connectivity index (χ3v) is 6.12. The van der Waals surface area contributed by atoms with Gasteiger partial charge in [-0.3, -0.25) is 9.69 Å². The van der Waals surface area contributed by atoms with Crippen molar-refractivity contribution >= 4 is 28.5 Å². The highest BCUT2D eigenvalue weighted by atomic mass is 127. The zero-order valence-corrected chi connectivity index (χ0v) is 17.7. The normalized spacial score (nSPS) is 19.4. The predicted molar refractivity (Wildman–Crippen MR) is 108 cm³/mol. The molecular formula is C19H27IN2O4. The molecular weight excluding hydrogens is 447 g/mol. The Balaban J connectivity index is 1.59. The van der Waals surface area contributed by atoms with Crippen LogP contribution in [0.25, 0.3) is 0 Å². The molecule has 6 nitrogen and oxygen atoms in total. The second-order valence-electron chi connectivity index (χ2n) is 6.84. The van der Waals surface area contributed by atoms with Gasteiger partial charge in [0.25, 0.3) is 5.91 Å². The first-order valence-corrected chi connectivity index (χ1v) is 10.2. The summed E-state index contributed by atoms with van der Waals surface area (Å²) >= 11 is 2.19. The summed E-state index contributed by atoms with van der Waals surface area (Å²) in [7, 11) is 3.20. The highest BCUT2D eigenvalue weighted by Gasteiger charge is 2.27. The fourth-order valence-corrected chi connectivity index (χ4v) is 4.33. The molecule has 3 rings (SSSR count). The van der Waals surface area contributed by atoms with Crippen LogP contribution < -0.4 is 9.47 Å². The molecule has 2 heterocycles. The van der Waals surface area contributed by atoms with Gasteiger partial charge in [0.1, 0.15) is 0 Å². The maximum Gasteiger partial charge on any atom is 0.255 e. The van der Waals surface area contributed by atoms with Gasteiger partial charge in [-0.15, -0.1) is 0 Å². The number of nitrogens with zero attached hydrogens (tertiary/aromatic N) is 2. The molecule has 1 aromatic rings. The van der Waals surface area contributed by atoms with Gasteiger partial charge in [0, 0.05) is 36.3 Å². The average molecular weight is 474 g/mol. The number of piperidine rings is 1. The Kier molecular flexibility index (Phi) is 6.99. The van der Waals surface area contributed by atoms with Crippen molar-refractivity contribution in [2.45, 2.75) is 12.8 Å². The first-order valence-electron chi connectivity index (χ1n) is 9.13. The predicted octanol–water partition coefficient (Wildman–Crippen LogP) is 2.49. The van der Waals surface area contributed by atoms with Crippen LogP contribution in [0.5, 0.6) is 11.5 Å². The van der Waals surface area contributed by atoms with Crippen LogP contribution in [0.4, 0.5) is 0 Å². The van der Waals surface area contributed by atoms with Gasteiger partial charge in [0.2, 0.25) is 0 Å². The lowest BCUT2D eigenvalue weighted by atomic mass is 9.95. The van der Waals surface area contributed by atoms with Gasteiger partial charge in [-0.1, -0.05) is 0 Å². The monoisotopic (exact) mass is 474 g/mol. The lowest BCUT2D eigenvalue weighted by molar-refractivity contribution is 0.0242. The largest absolute Gasteiger partial charge is 0.493 e. The Bertz CT molecular complexity index is 626. The van der Waals surface area contributed by atoms with Gasteiger partial charge in [0.05, 0.1) is 33.0 Å². The fraction of sp³-hybridized carbons (Fsp3) is 0.632. The van der Waals surface area contributed by atoms with Crippen LogP contribution in [0, 0.1) is 9.49 Å². The number of carbonyl (C=O) groups is 1. The minimum absolute atomic E-state index is 0.0835. The van der Waals surface area contributed by atoms with E-state index in [0.717, 1.165) is 62.3 Å². The number of carbonyl (C=O) groups excluding carboxylic acids is 1. The number of rotatable bonds is 5. The van der Waals surface area contributed by atoms with Crippen molar-refractivity contribution in [1.82, 2.24) is 9.80 Å². The number of hydrogen-bond donors (Lipinski definition) is 0. The maximum absolute atomic E-state index is 13.0. The highest BCUT2D eigenvalue weighted by molar-refractivity contribution is 14.1. The second-order valence-corrected chi connectivity index (χ2v) is 8.00. The van der Waals surface area contributed by atoms with E-state index in [0.29, 0.717) is 23.0 Å². The van der Waals surface area contributed by atoms with Crippen LogP contribution in [-0.2, 0) is 4.74 Å². The van der Waals surface area contributed by atoms with Crippen LogP contribution in [0.1, 0.15) is 23.2 Å². The minimum Gasteiger partial charge on any atom is -0.493 e. The molecule has 0 aromatic heterocycles. The third-order valence-electron chi connectivity index (χ3n) is 5.23. The molecule has 0 saturated carbocycles. The van der Waals surface area contributed by atoms with Gasteiger partial charge in [-0.25, -0.2) is 0 Å². The van der Waals surface area contributed by atoms with Gasteiger partial charge in [-0.05, 0) is 53.5 Å². The summed E-state index contributed by atoms with van der Waals surface area (Å²) in [6.45, 7) is 6.51. The Hall–Kier alpha value is -1.06. The maximum atomic E-state index is 13.0. The number of likely N-dealkylation sites (tertiary alicyclic amines) is 1. The molecule has 2 aliphatic rings. The van der Waals surface area contributed by atoms with Crippen molar-refractivity contribution in [2.75, 3.05) is 60.2 Å². The number of methoxy groups -OCH3 is 2. The average Bonchev–Trinajstić information content (AvgIpc) is 2.68. The number of hydrogen-bond acceptors (Lipinski definition) is 5. The molecule has 0 aliphatic carbocycles. The molecule has 7 heteroatoms. The van der Waals surface area contributed by atoms with E-state index in [9.17, 15) is 4.79 Å². The number of halogens is 1. The van der Waals surface area contributed by atoms with E-state index < -0.39 is 0 Å². The molecule has 2 aliphatic heterocycles. The Morgan fingerprint density at radius 1 is 1.12 bits per heavy atom. The quantitative estimate of drug-likeness (QED) is 0.615. The number of morpholine rings is 1. The first-order chi connectivity index (χ1) is 12.6. The van der Waals surface area contributed by atoms with Crippen molar-refractivity contribution < 1.29 is 19.0 Å². The molecule has 1 amide bonds. The minimum atomic E-state index is 0.0835. The first kappa shape index (κ1) is 19.7. The molecule has 0 unspecified atom stereocenters. The van der Waals surface area contributed by atoms with E-state index in [1.165, 1.54) is 0 Å². The molecule has 0 N–H and O–H groups in total. The molecule has 2 fully saturated rings. The van der Waals surface area contributed by atoms with Crippen molar-refractivity contribution in [3.05, 3.63) is 21.3 Å². The van der Waals surface area contributed by atoms with Crippen LogP contribution in [0.3, 0.4) is 0 Å². The standard InChI is InChI=1S/C19H27IN2O4/c1-24-17-11-15(16(20)12-18(17)25-2)19(23)22-5-3-14(4-6-22)13-21-7-9-26-10-8-21/h11-12,14H,3-10,13H2,1-2H3. The van der Waals surface area contributed by atoms with Gasteiger partial charge in [-0.2, -0.15) is 0 Å². The highest BCUT2D eigenvalue weighted by Crippen LogP contribution is 2.32. The Morgan fingerprint density at radius 2 is 1.73 bits per heavy atom. The zero-order chi connectivity index (χ0) is 18.5. The molecule has 0 bridgehead atoms. The number of ether oxygens (including phenoxy) is 3. The van der Waals surface area contributed by atoms with E-state index in [-0.39, 0.29) is 5.91 Å². The smallest absolute Gasteiger partial charge is 0.255 e. The molecule has 0 atom stereocenters. The summed E-state index contributed by atoms with van der Waals surface area (Å²) in [6, 6.07) is 3.65. The van der Waals surface area contributed by atoms with Crippen molar-refractivity contribution in [3.63, 3.8) is 0 Å². The SMILES string of the molecule is COc1cc(I)c(C(=O)N2CCC(CN3CCOCC3)CC2)cc1OC. The second kappa shape index (κ2) is 9.23. The van der Waals surface area contributed by atoms with Crippen LogP contribution in [0.15, 0.2) is 12.1 Å². The summed E-state index contributed by atoms with van der Waals surface area (Å²) in [5.41, 5.74) is 0.690. The zero-order valence-electron chi connectivity index (χ0n) is 15.5. The molecule has 144 valence electrons. The molecule has 2 saturated heterocycles. The van der Waals surface area contributed by atoms with Gasteiger partial charge >= 0.3 is 0 Å². The summed E-state index contributed by atoms with van der Waals surface area (Å²) in [5, 5.41) is 0. The summed E-state index contributed by atoms with van der Waals surface area (Å²) in [4.78, 5) is 17.4. The molecule has 1 aromatic carbocycles. The van der Waals surface area contributed by atoms with Crippen LogP contribution in [0.2, 0.25) is 0 Å². The lowest BCUT2D eigenvalue weighted by Gasteiger charge is -2.36. The number of benzene rings is 1. The van der Waals surface area contributed by atoms with Crippen molar-refractivity contribution in [1.29, 1.82) is 0 Å². The third kappa shape index (κ3) is 4.61. The Morgan fingerprint density at radius 3 is 2.35 bits per heavy atom. The fourth-order valence-electron chi connectivity index (χ4n) is 3.66. The summed E-state index contributed by atoms with van der Waals surface area (Å²) in [5.74, 6) is 2.00. The topological polar surface area (TPSA) is 51.2 Å². The van der Waals surface area contributed by atoms with E-state index in [2.05, 4.69) is 27.5 Å². The van der Waals surface area contributed by atoms with Crippen molar-refractivity contribution in [2.24, 2.45) is 5.92 Å². The van der Waals surface area contributed by atoms with E-state index in [1.54, 1.807) is 20.3 Å². The summed E-state index contributed by atoms with van der Waals surface area (Å²) < 4.78 is 17.0. The van der Waals surface area contributed by atoms with Gasteiger partial charge in [0.15, 0.2) is 11.5 Å². The molecule has 26 heavy (non-hydrogen) atoms. The number of amides is 1. The van der Waals surface area contributed by atoms with Gasteiger partial charge < -0.3 is 19.1 Å². The van der Waals surface area contributed by atoms with Crippen molar-refractivity contribution in [3.8, 4) is 11.5 Å². The lowest BCUT2D eigenvalue weighted by Crippen LogP contribution is -2.44. The van der Waals surface area contributed by atoms with Crippen LogP contribution in [-0.4, -0.2) is 75.9 Å². The van der Waals surface area contributed by atoms with E-state index in [1.807, 2.05) is 11.0 Å². The molecule has 0 spiro atoms. The van der Waals surface area contributed by atoms with E-state index >= 15 is 0 Å². The molecule has 0 radical (unpaired) electrons. The van der Waals surface area contributed by atoms with Crippen LogP contribution >= 0.6 is 22.6 Å². The Labute approximate surface area is 168 Å².